The molecule has 1 rings (SSSR count). The number of carboxylic acids is 1. The number of aromatic nitrogens is 3. The topological polar surface area (TPSA) is 94.3 Å². The summed E-state index contributed by atoms with van der Waals surface area (Å²) in [6, 6.07) is 0. The molecule has 0 saturated heterocycles. The van der Waals surface area contributed by atoms with Crippen molar-refractivity contribution in [1.82, 2.24) is 14.8 Å². The average Bonchev–Trinajstić information content (AvgIpc) is 2.70. The number of esters is 1. The Balaban J connectivity index is 2.84. The summed E-state index contributed by atoms with van der Waals surface area (Å²) in [6.07, 6.45) is 1.55. The highest BCUT2D eigenvalue weighted by Gasteiger charge is 2.16. The van der Waals surface area contributed by atoms with Gasteiger partial charge in [-0.05, 0) is 13.3 Å². The first-order chi connectivity index (χ1) is 9.08. The molecule has 7 nitrogen and oxygen atoms in total. The highest BCUT2D eigenvalue weighted by Crippen LogP contribution is 2.17. The van der Waals surface area contributed by atoms with Gasteiger partial charge in [-0.2, -0.15) is 0 Å². The largest absolute Gasteiger partial charge is 0.481 e. The van der Waals surface area contributed by atoms with Crippen LogP contribution in [0, 0.1) is 0 Å². The molecule has 1 aromatic rings. The van der Waals surface area contributed by atoms with Crippen LogP contribution in [0.5, 0.6) is 0 Å². The van der Waals surface area contributed by atoms with Crippen LogP contribution in [0.3, 0.4) is 0 Å². The number of ether oxygens (including phenoxy) is 1. The van der Waals surface area contributed by atoms with Gasteiger partial charge in [0.25, 0.3) is 0 Å². The number of hydrogen-bond acceptors (Lipinski definition) is 6. The Morgan fingerprint density at radius 3 is 2.68 bits per heavy atom. The lowest BCUT2D eigenvalue weighted by atomic mass is 10.3. The van der Waals surface area contributed by atoms with Crippen molar-refractivity contribution in [2.75, 3.05) is 12.4 Å². The van der Waals surface area contributed by atoms with Gasteiger partial charge in [-0.1, -0.05) is 18.7 Å². The zero-order valence-electron chi connectivity index (χ0n) is 11.0. The maximum atomic E-state index is 11.5. The van der Waals surface area contributed by atoms with Crippen LogP contribution in [0.4, 0.5) is 0 Å². The summed E-state index contributed by atoms with van der Waals surface area (Å²) in [6.45, 7) is 4.05. The number of aryl methyl sites for hydroxylation is 1. The molecule has 0 amide bonds. The second-order valence-electron chi connectivity index (χ2n) is 3.72. The summed E-state index contributed by atoms with van der Waals surface area (Å²) in [5.41, 5.74) is 0. The van der Waals surface area contributed by atoms with E-state index in [1.165, 1.54) is 0 Å². The lowest BCUT2D eigenvalue weighted by Gasteiger charge is -2.08. The van der Waals surface area contributed by atoms with E-state index in [1.807, 2.05) is 6.92 Å². The summed E-state index contributed by atoms with van der Waals surface area (Å²) in [7, 11) is 0. The summed E-state index contributed by atoms with van der Waals surface area (Å²) < 4.78 is 6.51. The van der Waals surface area contributed by atoms with Gasteiger partial charge in [0.05, 0.1) is 12.4 Å². The third kappa shape index (κ3) is 4.90. The fraction of sp³-hybridized carbons (Fsp3) is 0.636. The molecule has 1 heterocycles. The Labute approximate surface area is 115 Å². The summed E-state index contributed by atoms with van der Waals surface area (Å²) in [4.78, 5) is 22.1. The second-order valence-corrected chi connectivity index (χ2v) is 4.66. The molecule has 0 saturated carbocycles. The van der Waals surface area contributed by atoms with E-state index in [9.17, 15) is 9.59 Å². The first kappa shape index (κ1) is 15.5. The standard InChI is InChI=1S/C11H17N3O4S/c1-3-5-8-12-13-11(19-7-9(15)16)14(8)6-10(17)18-4-2/h3-7H2,1-2H3,(H,15,16). The minimum Gasteiger partial charge on any atom is -0.481 e. The van der Waals surface area contributed by atoms with Crippen LogP contribution in [-0.2, 0) is 27.3 Å². The van der Waals surface area contributed by atoms with Crippen LogP contribution in [0.25, 0.3) is 0 Å². The van der Waals surface area contributed by atoms with Crippen LogP contribution in [0.1, 0.15) is 26.1 Å². The molecule has 0 aliphatic rings. The summed E-state index contributed by atoms with van der Waals surface area (Å²) in [5.74, 6) is -0.763. The van der Waals surface area contributed by atoms with Gasteiger partial charge in [-0.25, -0.2) is 0 Å². The fourth-order valence-electron chi connectivity index (χ4n) is 1.46. The fourth-order valence-corrected chi connectivity index (χ4v) is 2.13. The third-order valence-electron chi connectivity index (χ3n) is 2.18. The van der Waals surface area contributed by atoms with Crippen molar-refractivity contribution in [3.8, 4) is 0 Å². The quantitative estimate of drug-likeness (QED) is 0.562. The van der Waals surface area contributed by atoms with E-state index in [4.69, 9.17) is 9.84 Å². The van der Waals surface area contributed by atoms with E-state index in [0.29, 0.717) is 24.0 Å². The Hall–Kier alpha value is -1.57. The Bertz CT molecular complexity index is 447. The van der Waals surface area contributed by atoms with Crippen molar-refractivity contribution in [2.45, 2.75) is 38.4 Å². The van der Waals surface area contributed by atoms with Crippen molar-refractivity contribution in [3.63, 3.8) is 0 Å². The Kier molecular flexibility index (Phi) is 6.34. The lowest BCUT2D eigenvalue weighted by Crippen LogP contribution is -2.16. The molecule has 0 fully saturated rings. The molecule has 19 heavy (non-hydrogen) atoms. The molecule has 106 valence electrons. The van der Waals surface area contributed by atoms with E-state index in [0.717, 1.165) is 18.2 Å². The Morgan fingerprint density at radius 2 is 2.11 bits per heavy atom. The van der Waals surface area contributed by atoms with Gasteiger partial charge < -0.3 is 9.84 Å². The first-order valence-corrected chi connectivity index (χ1v) is 6.99. The number of thioether (sulfide) groups is 1. The number of carbonyl (C=O) groups excluding carboxylic acids is 1. The summed E-state index contributed by atoms with van der Waals surface area (Å²) in [5, 5.41) is 17.0. The molecule has 0 aromatic carbocycles. The molecule has 0 bridgehead atoms. The van der Waals surface area contributed by atoms with Gasteiger partial charge in [0.1, 0.15) is 12.4 Å². The minimum absolute atomic E-state index is 0.0120. The van der Waals surface area contributed by atoms with Crippen LogP contribution < -0.4 is 0 Å². The third-order valence-corrected chi connectivity index (χ3v) is 3.14. The minimum atomic E-state index is -0.937. The number of nitrogens with zero attached hydrogens (tertiary/aromatic N) is 3. The number of carbonyl (C=O) groups is 2. The van der Waals surface area contributed by atoms with Crippen LogP contribution in [0.15, 0.2) is 5.16 Å². The smallest absolute Gasteiger partial charge is 0.326 e. The number of hydrogen-bond donors (Lipinski definition) is 1. The van der Waals surface area contributed by atoms with Crippen LogP contribution in [0.2, 0.25) is 0 Å². The number of aliphatic carboxylic acids is 1. The van der Waals surface area contributed by atoms with E-state index in [2.05, 4.69) is 10.2 Å². The zero-order chi connectivity index (χ0) is 14.3. The van der Waals surface area contributed by atoms with E-state index in [1.54, 1.807) is 11.5 Å². The van der Waals surface area contributed by atoms with Gasteiger partial charge in [-0.15, -0.1) is 10.2 Å². The van der Waals surface area contributed by atoms with Crippen molar-refractivity contribution in [2.24, 2.45) is 0 Å². The average molecular weight is 287 g/mol. The predicted molar refractivity (Wildman–Crippen MR) is 69.0 cm³/mol. The molecule has 1 aromatic heterocycles. The number of rotatable bonds is 8. The highest BCUT2D eigenvalue weighted by molar-refractivity contribution is 7.99. The first-order valence-electron chi connectivity index (χ1n) is 6.00. The van der Waals surface area contributed by atoms with Gasteiger partial charge in [-0.3, -0.25) is 14.2 Å². The second kappa shape index (κ2) is 7.78. The molecular formula is C11H17N3O4S. The van der Waals surface area contributed by atoms with Gasteiger partial charge in [0.15, 0.2) is 5.16 Å². The van der Waals surface area contributed by atoms with Crippen molar-refractivity contribution >= 4 is 23.7 Å². The Morgan fingerprint density at radius 1 is 1.37 bits per heavy atom. The van der Waals surface area contributed by atoms with Gasteiger partial charge in [0.2, 0.25) is 0 Å². The number of carboxylic acid groups (broad SMARTS) is 1. The highest BCUT2D eigenvalue weighted by atomic mass is 32.2. The molecule has 1 N–H and O–H groups in total. The predicted octanol–water partition coefficient (Wildman–Crippen LogP) is 0.970. The normalized spacial score (nSPS) is 10.4. The molecule has 0 atom stereocenters. The van der Waals surface area contributed by atoms with E-state index in [-0.39, 0.29) is 18.3 Å². The van der Waals surface area contributed by atoms with Crippen molar-refractivity contribution in [3.05, 3.63) is 5.82 Å². The van der Waals surface area contributed by atoms with E-state index >= 15 is 0 Å². The molecular weight excluding hydrogens is 270 g/mol. The van der Waals surface area contributed by atoms with Crippen molar-refractivity contribution in [1.29, 1.82) is 0 Å². The molecule has 0 spiro atoms. The molecule has 0 radical (unpaired) electrons. The summed E-state index contributed by atoms with van der Waals surface area (Å²) >= 11 is 1.04. The monoisotopic (exact) mass is 287 g/mol. The van der Waals surface area contributed by atoms with Gasteiger partial charge >= 0.3 is 11.9 Å². The van der Waals surface area contributed by atoms with Crippen LogP contribution >= 0.6 is 11.8 Å². The SMILES string of the molecule is CCCc1nnc(SCC(=O)O)n1CC(=O)OCC. The maximum Gasteiger partial charge on any atom is 0.326 e. The van der Waals surface area contributed by atoms with Crippen LogP contribution in [-0.4, -0.2) is 44.2 Å². The lowest BCUT2D eigenvalue weighted by molar-refractivity contribution is -0.144. The van der Waals surface area contributed by atoms with Crippen molar-refractivity contribution < 1.29 is 19.4 Å². The molecule has 0 aliphatic carbocycles. The van der Waals surface area contributed by atoms with E-state index < -0.39 is 5.97 Å². The zero-order valence-corrected chi connectivity index (χ0v) is 11.8. The molecule has 8 heteroatoms. The maximum absolute atomic E-state index is 11.5. The molecule has 0 aliphatic heterocycles. The van der Waals surface area contributed by atoms with Gasteiger partial charge in [0, 0.05) is 6.42 Å². The molecule has 0 unspecified atom stereocenters.